The molecule has 3 heteroatoms. The zero-order valence-corrected chi connectivity index (χ0v) is 9.73. The van der Waals surface area contributed by atoms with Gasteiger partial charge in [-0.1, -0.05) is 13.0 Å². The van der Waals surface area contributed by atoms with Gasteiger partial charge in [-0.2, -0.15) is 0 Å². The first-order valence-electron chi connectivity index (χ1n) is 5.70. The minimum atomic E-state index is -0.853. The van der Waals surface area contributed by atoms with Crippen molar-refractivity contribution in [1.29, 1.82) is 0 Å². The molecule has 0 bridgehead atoms. The van der Waals surface area contributed by atoms with Crippen molar-refractivity contribution in [2.75, 3.05) is 18.0 Å². The van der Waals surface area contributed by atoms with Crippen molar-refractivity contribution in [2.24, 2.45) is 5.92 Å². The standard InChI is InChI=1S/C13H17NO2/c1-3-10-7-14(8-10)12-6-11(13(15)16)5-4-9(12)2/h4-6,10H,3,7-8H2,1-2H3,(H,15,16). The van der Waals surface area contributed by atoms with Gasteiger partial charge in [0, 0.05) is 18.8 Å². The maximum absolute atomic E-state index is 10.9. The summed E-state index contributed by atoms with van der Waals surface area (Å²) in [5.74, 6) is -0.0818. The number of hydrogen-bond acceptors (Lipinski definition) is 2. The largest absolute Gasteiger partial charge is 0.478 e. The monoisotopic (exact) mass is 219 g/mol. The molecular weight excluding hydrogens is 202 g/mol. The Bertz CT molecular complexity index is 408. The van der Waals surface area contributed by atoms with Crippen molar-refractivity contribution in [3.63, 3.8) is 0 Å². The molecule has 0 aliphatic carbocycles. The molecule has 0 amide bonds. The van der Waals surface area contributed by atoms with E-state index >= 15 is 0 Å². The fourth-order valence-electron chi connectivity index (χ4n) is 2.11. The van der Waals surface area contributed by atoms with Crippen LogP contribution in [0.5, 0.6) is 0 Å². The normalized spacial score (nSPS) is 16.0. The Hall–Kier alpha value is -1.51. The average Bonchev–Trinajstić information content (AvgIpc) is 2.18. The quantitative estimate of drug-likeness (QED) is 0.849. The van der Waals surface area contributed by atoms with E-state index in [1.54, 1.807) is 12.1 Å². The lowest BCUT2D eigenvalue weighted by atomic mass is 9.95. The molecule has 1 aromatic carbocycles. The summed E-state index contributed by atoms with van der Waals surface area (Å²) in [4.78, 5) is 13.2. The Labute approximate surface area is 95.7 Å². The molecule has 1 heterocycles. The van der Waals surface area contributed by atoms with Gasteiger partial charge < -0.3 is 10.0 Å². The van der Waals surface area contributed by atoms with Gasteiger partial charge in [0.25, 0.3) is 0 Å². The SMILES string of the molecule is CCC1CN(c2cc(C(=O)O)ccc2C)C1. The molecule has 1 fully saturated rings. The van der Waals surface area contributed by atoms with Gasteiger partial charge in [0.1, 0.15) is 0 Å². The third kappa shape index (κ3) is 1.90. The Morgan fingerprint density at radius 2 is 2.19 bits per heavy atom. The van der Waals surface area contributed by atoms with Crippen LogP contribution in [0.25, 0.3) is 0 Å². The van der Waals surface area contributed by atoms with Gasteiger partial charge in [-0.3, -0.25) is 0 Å². The molecule has 0 radical (unpaired) electrons. The van der Waals surface area contributed by atoms with Crippen LogP contribution in [0.3, 0.4) is 0 Å². The van der Waals surface area contributed by atoms with E-state index in [4.69, 9.17) is 5.11 Å². The van der Waals surface area contributed by atoms with Crippen molar-refractivity contribution in [3.05, 3.63) is 29.3 Å². The summed E-state index contributed by atoms with van der Waals surface area (Å²) in [5.41, 5.74) is 2.60. The van der Waals surface area contributed by atoms with Crippen molar-refractivity contribution < 1.29 is 9.90 Å². The summed E-state index contributed by atoms with van der Waals surface area (Å²) in [7, 11) is 0. The summed E-state index contributed by atoms with van der Waals surface area (Å²) in [6.07, 6.45) is 1.20. The summed E-state index contributed by atoms with van der Waals surface area (Å²) in [5, 5.41) is 8.95. The molecule has 1 saturated heterocycles. The summed E-state index contributed by atoms with van der Waals surface area (Å²) in [6.45, 7) is 6.34. The van der Waals surface area contributed by atoms with Crippen molar-refractivity contribution >= 4 is 11.7 Å². The van der Waals surface area contributed by atoms with E-state index in [0.29, 0.717) is 5.56 Å². The van der Waals surface area contributed by atoms with Gasteiger partial charge in [0.05, 0.1) is 5.56 Å². The first kappa shape index (κ1) is 11.0. The second-order valence-electron chi connectivity index (χ2n) is 4.49. The van der Waals surface area contributed by atoms with Crippen molar-refractivity contribution in [3.8, 4) is 0 Å². The number of carboxylic acid groups (broad SMARTS) is 1. The number of nitrogens with zero attached hydrogens (tertiary/aromatic N) is 1. The number of anilines is 1. The van der Waals surface area contributed by atoms with Gasteiger partial charge >= 0.3 is 5.97 Å². The minimum Gasteiger partial charge on any atom is -0.478 e. The van der Waals surface area contributed by atoms with Gasteiger partial charge in [0.15, 0.2) is 0 Å². The number of rotatable bonds is 3. The third-order valence-corrected chi connectivity index (χ3v) is 3.33. The number of carboxylic acids is 1. The van der Waals surface area contributed by atoms with Crippen LogP contribution in [-0.4, -0.2) is 24.2 Å². The molecule has 0 spiro atoms. The second-order valence-corrected chi connectivity index (χ2v) is 4.49. The number of aryl methyl sites for hydroxylation is 1. The predicted octanol–water partition coefficient (Wildman–Crippen LogP) is 2.54. The first-order chi connectivity index (χ1) is 7.61. The number of carbonyl (C=O) groups is 1. The predicted molar refractivity (Wildman–Crippen MR) is 64.1 cm³/mol. The Kier molecular flexibility index (Phi) is 2.86. The van der Waals surface area contributed by atoms with E-state index < -0.39 is 5.97 Å². The molecule has 0 saturated carbocycles. The summed E-state index contributed by atoms with van der Waals surface area (Å²) >= 11 is 0. The van der Waals surface area contributed by atoms with Crippen LogP contribution >= 0.6 is 0 Å². The molecular formula is C13H17NO2. The molecule has 1 N–H and O–H groups in total. The maximum Gasteiger partial charge on any atom is 0.335 e. The highest BCUT2D eigenvalue weighted by Gasteiger charge is 2.26. The molecule has 2 rings (SSSR count). The van der Waals surface area contributed by atoms with Crippen LogP contribution in [0.15, 0.2) is 18.2 Å². The van der Waals surface area contributed by atoms with Crippen LogP contribution in [0, 0.1) is 12.8 Å². The number of hydrogen-bond donors (Lipinski definition) is 1. The lowest BCUT2D eigenvalue weighted by molar-refractivity contribution is 0.0697. The fraction of sp³-hybridized carbons (Fsp3) is 0.462. The summed E-state index contributed by atoms with van der Waals surface area (Å²) < 4.78 is 0. The zero-order chi connectivity index (χ0) is 11.7. The topological polar surface area (TPSA) is 40.5 Å². The highest BCUT2D eigenvalue weighted by atomic mass is 16.4. The minimum absolute atomic E-state index is 0.376. The maximum atomic E-state index is 10.9. The third-order valence-electron chi connectivity index (χ3n) is 3.33. The van der Waals surface area contributed by atoms with E-state index in [-0.39, 0.29) is 0 Å². The van der Waals surface area contributed by atoms with Gasteiger partial charge in [-0.15, -0.1) is 0 Å². The van der Waals surface area contributed by atoms with Crippen LogP contribution in [0.2, 0.25) is 0 Å². The number of benzene rings is 1. The highest BCUT2D eigenvalue weighted by Crippen LogP contribution is 2.29. The van der Waals surface area contributed by atoms with E-state index in [9.17, 15) is 4.79 Å². The lowest BCUT2D eigenvalue weighted by Gasteiger charge is -2.41. The average molecular weight is 219 g/mol. The van der Waals surface area contributed by atoms with Gasteiger partial charge in [0.2, 0.25) is 0 Å². The van der Waals surface area contributed by atoms with Crippen molar-refractivity contribution in [2.45, 2.75) is 20.3 Å². The smallest absolute Gasteiger partial charge is 0.335 e. The Balaban J connectivity index is 2.20. The van der Waals surface area contributed by atoms with E-state index in [1.807, 2.05) is 13.0 Å². The molecule has 0 unspecified atom stereocenters. The fourth-order valence-corrected chi connectivity index (χ4v) is 2.11. The molecule has 3 nitrogen and oxygen atoms in total. The zero-order valence-electron chi connectivity index (χ0n) is 9.73. The summed E-state index contributed by atoms with van der Waals surface area (Å²) in [6, 6.07) is 5.33. The molecule has 1 aliphatic rings. The van der Waals surface area contributed by atoms with E-state index in [0.717, 1.165) is 30.3 Å². The van der Waals surface area contributed by atoms with Gasteiger partial charge in [-0.25, -0.2) is 4.79 Å². The Morgan fingerprint density at radius 1 is 1.50 bits per heavy atom. The molecule has 16 heavy (non-hydrogen) atoms. The highest BCUT2D eigenvalue weighted by molar-refractivity contribution is 5.89. The molecule has 1 aromatic rings. The van der Waals surface area contributed by atoms with Crippen LogP contribution in [-0.2, 0) is 0 Å². The van der Waals surface area contributed by atoms with E-state index in [2.05, 4.69) is 11.8 Å². The van der Waals surface area contributed by atoms with Gasteiger partial charge in [-0.05, 0) is 37.0 Å². The van der Waals surface area contributed by atoms with Crippen LogP contribution < -0.4 is 4.90 Å². The van der Waals surface area contributed by atoms with E-state index in [1.165, 1.54) is 6.42 Å². The Morgan fingerprint density at radius 3 is 2.75 bits per heavy atom. The lowest BCUT2D eigenvalue weighted by Crippen LogP contribution is -2.46. The number of aromatic carboxylic acids is 1. The second kappa shape index (κ2) is 4.16. The molecule has 86 valence electrons. The van der Waals surface area contributed by atoms with Crippen LogP contribution in [0.4, 0.5) is 5.69 Å². The first-order valence-corrected chi connectivity index (χ1v) is 5.70. The molecule has 1 aliphatic heterocycles. The molecule has 0 atom stereocenters. The van der Waals surface area contributed by atoms with Crippen LogP contribution in [0.1, 0.15) is 29.3 Å². The van der Waals surface area contributed by atoms with Crippen molar-refractivity contribution in [1.82, 2.24) is 0 Å². The molecule has 0 aromatic heterocycles.